The number of carbonyl (C=O) groups is 1. The zero-order valence-electron chi connectivity index (χ0n) is 12.4. The van der Waals surface area contributed by atoms with Gasteiger partial charge >= 0.3 is 6.09 Å². The molecule has 0 aliphatic heterocycles. The summed E-state index contributed by atoms with van der Waals surface area (Å²) in [6.45, 7) is 13.3. The molecule has 0 saturated carbocycles. The predicted molar refractivity (Wildman–Crippen MR) is 79.1 cm³/mol. The molecule has 1 aromatic rings. The number of benzene rings is 1. The lowest BCUT2D eigenvalue weighted by Crippen LogP contribution is -2.34. The van der Waals surface area contributed by atoms with Gasteiger partial charge in [-0.15, -0.1) is 0 Å². The second-order valence-electron chi connectivity index (χ2n) is 5.69. The first-order valence-electron chi connectivity index (χ1n) is 6.45. The van der Waals surface area contributed by atoms with Gasteiger partial charge in [0, 0.05) is 0 Å². The van der Waals surface area contributed by atoms with E-state index >= 15 is 0 Å². The second-order valence-corrected chi connectivity index (χ2v) is 5.69. The van der Waals surface area contributed by atoms with Crippen LogP contribution in [0.3, 0.4) is 0 Å². The highest BCUT2D eigenvalue weighted by atomic mass is 16.6. The number of carbonyl (C=O) groups excluding carboxylic acids is 1. The third-order valence-electron chi connectivity index (χ3n) is 2.75. The van der Waals surface area contributed by atoms with Crippen LogP contribution in [-0.2, 0) is 4.74 Å². The van der Waals surface area contributed by atoms with E-state index in [9.17, 15) is 4.79 Å². The smallest absolute Gasteiger partial charge is 0.408 e. The molecule has 0 heterocycles. The van der Waals surface area contributed by atoms with E-state index in [0.717, 1.165) is 16.7 Å². The Morgan fingerprint density at radius 2 is 2.05 bits per heavy atom. The van der Waals surface area contributed by atoms with Gasteiger partial charge in [0.25, 0.3) is 0 Å². The Hall–Kier alpha value is -1.77. The van der Waals surface area contributed by atoms with Gasteiger partial charge in [0.15, 0.2) is 0 Å². The molecule has 0 spiro atoms. The van der Waals surface area contributed by atoms with Crippen molar-refractivity contribution in [2.45, 2.75) is 46.3 Å². The molecule has 19 heavy (non-hydrogen) atoms. The number of aryl methyl sites for hydroxylation is 1. The van der Waals surface area contributed by atoms with E-state index in [-0.39, 0.29) is 6.04 Å². The van der Waals surface area contributed by atoms with E-state index in [1.165, 1.54) is 0 Å². The molecule has 0 aliphatic carbocycles. The molecular formula is C16H23NO2. The lowest BCUT2D eigenvalue weighted by atomic mass is 10.0. The summed E-state index contributed by atoms with van der Waals surface area (Å²) in [4.78, 5) is 11.7. The molecule has 0 aromatic heterocycles. The van der Waals surface area contributed by atoms with E-state index < -0.39 is 11.7 Å². The van der Waals surface area contributed by atoms with Gasteiger partial charge in [-0.25, -0.2) is 4.79 Å². The second kappa shape index (κ2) is 5.91. The topological polar surface area (TPSA) is 38.3 Å². The van der Waals surface area contributed by atoms with Gasteiger partial charge in [-0.3, -0.25) is 0 Å². The largest absolute Gasteiger partial charge is 0.444 e. The fourth-order valence-corrected chi connectivity index (χ4v) is 1.76. The zero-order chi connectivity index (χ0) is 14.6. The molecule has 1 unspecified atom stereocenters. The molecule has 104 valence electrons. The average molecular weight is 261 g/mol. The maximum absolute atomic E-state index is 11.7. The highest BCUT2D eigenvalue weighted by Gasteiger charge is 2.18. The first-order chi connectivity index (χ1) is 8.73. The highest BCUT2D eigenvalue weighted by molar-refractivity contribution is 5.68. The minimum absolute atomic E-state index is 0.0904. The van der Waals surface area contributed by atoms with Crippen molar-refractivity contribution in [1.29, 1.82) is 0 Å². The van der Waals surface area contributed by atoms with Crippen LogP contribution in [0.15, 0.2) is 24.8 Å². The van der Waals surface area contributed by atoms with Crippen molar-refractivity contribution in [3.63, 3.8) is 0 Å². The van der Waals surface area contributed by atoms with Crippen molar-refractivity contribution >= 4 is 12.2 Å². The molecule has 0 radical (unpaired) electrons. The molecule has 0 saturated heterocycles. The van der Waals surface area contributed by atoms with Gasteiger partial charge in [0.2, 0.25) is 0 Å². The standard InChI is InChI=1S/C16H23NO2/c1-7-13-8-9-14(10-11(13)2)12(3)17-15(18)19-16(4,5)6/h7-10,12H,1H2,2-6H3,(H,17,18). The van der Waals surface area contributed by atoms with Crippen LogP contribution in [0.1, 0.15) is 50.4 Å². The maximum atomic E-state index is 11.7. The Morgan fingerprint density at radius 1 is 1.42 bits per heavy atom. The van der Waals surface area contributed by atoms with Crippen molar-refractivity contribution < 1.29 is 9.53 Å². The maximum Gasteiger partial charge on any atom is 0.408 e. The Bertz CT molecular complexity index is 472. The number of nitrogens with one attached hydrogen (secondary N) is 1. The first-order valence-corrected chi connectivity index (χ1v) is 6.45. The van der Waals surface area contributed by atoms with Crippen molar-refractivity contribution in [1.82, 2.24) is 5.32 Å². The Morgan fingerprint density at radius 3 is 2.53 bits per heavy atom. The van der Waals surface area contributed by atoms with E-state index in [1.807, 2.05) is 52.8 Å². The normalized spacial score (nSPS) is 12.7. The van der Waals surface area contributed by atoms with Crippen LogP contribution in [0, 0.1) is 6.92 Å². The number of alkyl carbamates (subject to hydrolysis) is 1. The molecule has 0 aliphatic rings. The fourth-order valence-electron chi connectivity index (χ4n) is 1.76. The van der Waals surface area contributed by atoms with Crippen molar-refractivity contribution in [3.05, 3.63) is 41.5 Å². The highest BCUT2D eigenvalue weighted by Crippen LogP contribution is 2.18. The van der Waals surface area contributed by atoms with Crippen molar-refractivity contribution in [2.75, 3.05) is 0 Å². The van der Waals surface area contributed by atoms with Gasteiger partial charge < -0.3 is 10.1 Å². The number of ether oxygens (including phenoxy) is 1. The average Bonchev–Trinajstić information content (AvgIpc) is 2.26. The summed E-state index contributed by atoms with van der Waals surface area (Å²) in [6, 6.07) is 5.96. The lowest BCUT2D eigenvalue weighted by molar-refractivity contribution is 0.0508. The molecule has 1 atom stereocenters. The summed E-state index contributed by atoms with van der Waals surface area (Å²) in [5.74, 6) is 0. The Kier molecular flexibility index (Phi) is 4.76. The lowest BCUT2D eigenvalue weighted by Gasteiger charge is -2.22. The van der Waals surface area contributed by atoms with Crippen molar-refractivity contribution in [2.24, 2.45) is 0 Å². The van der Waals surface area contributed by atoms with E-state index in [4.69, 9.17) is 4.74 Å². The summed E-state index contributed by atoms with van der Waals surface area (Å²) in [7, 11) is 0. The summed E-state index contributed by atoms with van der Waals surface area (Å²) in [5, 5.41) is 2.83. The van der Waals surface area contributed by atoms with Gasteiger partial charge in [-0.1, -0.05) is 30.9 Å². The van der Waals surface area contributed by atoms with Crippen LogP contribution < -0.4 is 5.32 Å². The number of hydrogen-bond acceptors (Lipinski definition) is 2. The van der Waals surface area contributed by atoms with Gasteiger partial charge in [0.1, 0.15) is 5.60 Å². The van der Waals surface area contributed by atoms with Crippen LogP contribution in [0.2, 0.25) is 0 Å². The van der Waals surface area contributed by atoms with Gasteiger partial charge in [-0.05, 0) is 51.3 Å². The molecule has 1 rings (SSSR count). The van der Waals surface area contributed by atoms with E-state index in [2.05, 4.69) is 18.0 Å². The van der Waals surface area contributed by atoms with Crippen LogP contribution in [0.5, 0.6) is 0 Å². The van der Waals surface area contributed by atoms with E-state index in [0.29, 0.717) is 0 Å². The first kappa shape index (κ1) is 15.3. The molecule has 1 amide bonds. The minimum Gasteiger partial charge on any atom is -0.444 e. The summed E-state index contributed by atoms with van der Waals surface area (Å²) in [5.41, 5.74) is 2.82. The summed E-state index contributed by atoms with van der Waals surface area (Å²) < 4.78 is 5.24. The van der Waals surface area contributed by atoms with Crippen LogP contribution in [-0.4, -0.2) is 11.7 Å². The number of rotatable bonds is 3. The molecule has 0 bridgehead atoms. The zero-order valence-corrected chi connectivity index (χ0v) is 12.4. The van der Waals surface area contributed by atoms with Crippen molar-refractivity contribution in [3.8, 4) is 0 Å². The number of hydrogen-bond donors (Lipinski definition) is 1. The molecule has 1 N–H and O–H groups in total. The SMILES string of the molecule is C=Cc1ccc(C(C)NC(=O)OC(C)(C)C)cc1C. The number of amides is 1. The molecular weight excluding hydrogens is 238 g/mol. The van der Waals surface area contributed by atoms with Crippen LogP contribution >= 0.6 is 0 Å². The van der Waals surface area contributed by atoms with E-state index in [1.54, 1.807) is 0 Å². The molecule has 1 aromatic carbocycles. The predicted octanol–water partition coefficient (Wildman–Crippen LogP) is 4.22. The molecule has 0 fully saturated rings. The monoisotopic (exact) mass is 261 g/mol. The third-order valence-corrected chi connectivity index (χ3v) is 2.75. The summed E-state index contributed by atoms with van der Waals surface area (Å²) in [6.07, 6.45) is 1.43. The van der Waals surface area contributed by atoms with Gasteiger partial charge in [-0.2, -0.15) is 0 Å². The van der Waals surface area contributed by atoms with Crippen LogP contribution in [0.25, 0.3) is 6.08 Å². The Balaban J connectivity index is 2.73. The minimum atomic E-state index is -0.480. The third kappa shape index (κ3) is 4.78. The molecule has 3 heteroatoms. The van der Waals surface area contributed by atoms with Gasteiger partial charge in [0.05, 0.1) is 6.04 Å². The quantitative estimate of drug-likeness (QED) is 0.884. The van der Waals surface area contributed by atoms with Crippen LogP contribution in [0.4, 0.5) is 4.79 Å². The summed E-state index contributed by atoms with van der Waals surface area (Å²) >= 11 is 0. The molecule has 3 nitrogen and oxygen atoms in total. The Labute approximate surface area is 115 Å². The fraction of sp³-hybridized carbons (Fsp3) is 0.438.